The molecule has 11 heteroatoms. The second kappa shape index (κ2) is 9.41. The fraction of sp³-hybridized carbons (Fsp3) is 0.154. The van der Waals surface area contributed by atoms with Gasteiger partial charge in [0, 0.05) is 16.6 Å². The van der Waals surface area contributed by atoms with Crippen LogP contribution < -0.4 is 5.69 Å². The third-order valence-corrected chi connectivity index (χ3v) is 6.77. The molecule has 1 saturated heterocycles. The van der Waals surface area contributed by atoms with Gasteiger partial charge in [-0.05, 0) is 72.6 Å². The molecule has 2 aromatic heterocycles. The van der Waals surface area contributed by atoms with Gasteiger partial charge in [0.15, 0.2) is 6.23 Å². The predicted molar refractivity (Wildman–Crippen MR) is 137 cm³/mol. The summed E-state index contributed by atoms with van der Waals surface area (Å²) < 4.78 is 20.5. The van der Waals surface area contributed by atoms with Crippen LogP contribution in [-0.2, 0) is 16.0 Å². The highest BCUT2D eigenvalue weighted by atomic mass is 79.9. The van der Waals surface area contributed by atoms with Crippen LogP contribution >= 0.6 is 15.9 Å². The lowest BCUT2D eigenvalue weighted by Crippen LogP contribution is -2.31. The topological polar surface area (TPSA) is 109 Å². The van der Waals surface area contributed by atoms with Crippen molar-refractivity contribution in [2.45, 2.75) is 12.6 Å². The number of carbonyl (C=O) groups is 1. The van der Waals surface area contributed by atoms with Crippen molar-refractivity contribution in [3.63, 3.8) is 0 Å². The summed E-state index contributed by atoms with van der Waals surface area (Å²) in [5.74, 6) is -0.523. The molecule has 5 aromatic rings. The van der Waals surface area contributed by atoms with E-state index in [0.29, 0.717) is 35.4 Å². The smallest absolute Gasteiger partial charge is 0.323 e. The molecule has 0 saturated carbocycles. The lowest BCUT2D eigenvalue weighted by atomic mass is 10.1. The van der Waals surface area contributed by atoms with Crippen molar-refractivity contribution in [3.8, 4) is 16.9 Å². The van der Waals surface area contributed by atoms with Crippen molar-refractivity contribution >= 4 is 32.9 Å². The maximum atomic E-state index is 13.6. The molecule has 0 spiro atoms. The molecule has 1 fully saturated rings. The Bertz CT molecular complexity index is 1660. The zero-order valence-electron chi connectivity index (χ0n) is 19.3. The van der Waals surface area contributed by atoms with Crippen molar-refractivity contribution in [2.24, 2.45) is 0 Å². The largest absolute Gasteiger partial charge is 0.342 e. The van der Waals surface area contributed by atoms with Crippen molar-refractivity contribution < 1.29 is 13.9 Å². The summed E-state index contributed by atoms with van der Waals surface area (Å²) in [4.78, 5) is 33.0. The normalized spacial score (nSPS) is 15.7. The molecule has 37 heavy (non-hydrogen) atoms. The summed E-state index contributed by atoms with van der Waals surface area (Å²) in [6, 6.07) is 19.1. The summed E-state index contributed by atoms with van der Waals surface area (Å²) in [5.41, 5.74) is 4.47. The van der Waals surface area contributed by atoms with Crippen LogP contribution in [0.5, 0.6) is 0 Å². The maximum Gasteiger partial charge on any atom is 0.323 e. The van der Waals surface area contributed by atoms with Gasteiger partial charge in [-0.1, -0.05) is 22.0 Å². The molecule has 186 valence electrons. The van der Waals surface area contributed by atoms with Crippen molar-refractivity contribution in [2.75, 3.05) is 13.2 Å². The number of H-pyrrole nitrogens is 2. The number of halogens is 2. The third-order valence-electron chi connectivity index (χ3n) is 6.24. The number of ether oxygens (including phenoxy) is 1. The average Bonchev–Trinajstić information content (AvgIpc) is 3.59. The third kappa shape index (κ3) is 4.58. The Labute approximate surface area is 218 Å². The van der Waals surface area contributed by atoms with Crippen molar-refractivity contribution in [1.82, 2.24) is 29.9 Å². The number of fused-ring (bicyclic) bond motifs is 1. The van der Waals surface area contributed by atoms with E-state index in [-0.39, 0.29) is 24.0 Å². The Morgan fingerprint density at radius 2 is 1.73 bits per heavy atom. The molecule has 1 aliphatic rings. The number of rotatable bonds is 6. The Morgan fingerprint density at radius 1 is 0.973 bits per heavy atom. The molecular weight excluding hydrogens is 543 g/mol. The first kappa shape index (κ1) is 23.3. The number of hydrogen-bond acceptors (Lipinski definition) is 5. The number of benzene rings is 3. The average molecular weight is 563 g/mol. The van der Waals surface area contributed by atoms with Crippen molar-refractivity contribution in [1.29, 1.82) is 0 Å². The van der Waals surface area contributed by atoms with E-state index in [1.807, 2.05) is 42.5 Å². The number of aromatic nitrogens is 5. The molecule has 3 heterocycles. The number of nitrogens with one attached hydrogen (secondary N) is 2. The maximum absolute atomic E-state index is 13.6. The first-order valence-corrected chi connectivity index (χ1v) is 12.3. The molecule has 1 amide bonds. The van der Waals surface area contributed by atoms with E-state index in [1.54, 1.807) is 17.0 Å². The summed E-state index contributed by atoms with van der Waals surface area (Å²) in [5, 5.41) is 9.39. The van der Waals surface area contributed by atoms with Gasteiger partial charge in [0.2, 0.25) is 0 Å². The van der Waals surface area contributed by atoms with Crippen LogP contribution in [0.4, 0.5) is 4.39 Å². The van der Waals surface area contributed by atoms with Crippen LogP contribution in [0, 0.1) is 5.82 Å². The molecule has 6 rings (SSSR count). The minimum Gasteiger partial charge on any atom is -0.342 e. The van der Waals surface area contributed by atoms with Gasteiger partial charge in [-0.25, -0.2) is 9.18 Å². The van der Waals surface area contributed by atoms with Gasteiger partial charge in [-0.2, -0.15) is 4.80 Å². The van der Waals surface area contributed by atoms with Gasteiger partial charge in [0.05, 0.1) is 16.7 Å². The summed E-state index contributed by atoms with van der Waals surface area (Å²) in [7, 11) is 0. The first-order valence-electron chi connectivity index (χ1n) is 11.6. The minimum absolute atomic E-state index is 0.0805. The molecule has 0 radical (unpaired) electrons. The number of aromatic amines is 2. The van der Waals surface area contributed by atoms with E-state index in [1.165, 1.54) is 16.9 Å². The van der Waals surface area contributed by atoms with Crippen LogP contribution in [0.15, 0.2) is 76.0 Å². The van der Waals surface area contributed by atoms with Gasteiger partial charge in [-0.15, -0.1) is 10.2 Å². The fourth-order valence-corrected chi connectivity index (χ4v) is 4.66. The predicted octanol–water partition coefficient (Wildman–Crippen LogP) is 4.11. The number of hydrogen-bond donors (Lipinski definition) is 2. The van der Waals surface area contributed by atoms with Gasteiger partial charge >= 0.3 is 5.69 Å². The summed E-state index contributed by atoms with van der Waals surface area (Å²) in [6.07, 6.45) is -0.214. The molecule has 9 nitrogen and oxygen atoms in total. The lowest BCUT2D eigenvalue weighted by Gasteiger charge is -2.22. The molecule has 0 unspecified atom stereocenters. The number of nitrogens with zero attached hydrogens (tertiary/aromatic N) is 4. The van der Waals surface area contributed by atoms with Crippen molar-refractivity contribution in [3.05, 3.63) is 98.8 Å². The van der Waals surface area contributed by atoms with Crippen LogP contribution in [0.2, 0.25) is 0 Å². The summed E-state index contributed by atoms with van der Waals surface area (Å²) >= 11 is 3.43. The highest BCUT2D eigenvalue weighted by molar-refractivity contribution is 9.10. The number of imidazole rings is 1. The van der Waals surface area contributed by atoms with E-state index in [0.717, 1.165) is 21.2 Å². The molecule has 0 aliphatic carbocycles. The Hall–Kier alpha value is -4.09. The van der Waals surface area contributed by atoms with Gasteiger partial charge < -0.3 is 19.6 Å². The van der Waals surface area contributed by atoms with E-state index >= 15 is 0 Å². The summed E-state index contributed by atoms with van der Waals surface area (Å²) in [6.45, 7) is 0.292. The van der Waals surface area contributed by atoms with Gasteiger partial charge in [0.25, 0.3) is 5.91 Å². The van der Waals surface area contributed by atoms with E-state index in [4.69, 9.17) is 9.84 Å². The first-order chi connectivity index (χ1) is 17.9. The Kier molecular flexibility index (Phi) is 5.93. The Balaban J connectivity index is 1.34. The van der Waals surface area contributed by atoms with Crippen LogP contribution in [0.3, 0.4) is 0 Å². The van der Waals surface area contributed by atoms with E-state index in [9.17, 15) is 14.0 Å². The molecule has 2 N–H and O–H groups in total. The Morgan fingerprint density at radius 3 is 2.51 bits per heavy atom. The quantitative estimate of drug-likeness (QED) is 0.324. The zero-order chi connectivity index (χ0) is 25.5. The number of amides is 1. The zero-order valence-corrected chi connectivity index (χ0v) is 20.9. The highest BCUT2D eigenvalue weighted by Crippen LogP contribution is 2.34. The fourth-order valence-electron chi connectivity index (χ4n) is 4.39. The van der Waals surface area contributed by atoms with Crippen LogP contribution in [0.1, 0.15) is 17.5 Å². The SMILES string of the molecule is O=C1CO[C@@H](c2nn(-c3ccc(Br)cc3)nc2-c2ccc(F)cc2)N1CCc1ccc2[nH]c(=O)[nH]c2c1. The second-order valence-electron chi connectivity index (χ2n) is 8.67. The number of carbonyl (C=O) groups excluding carboxylic acids is 1. The second-order valence-corrected chi connectivity index (χ2v) is 9.58. The van der Waals surface area contributed by atoms with Gasteiger partial charge in [-0.3, -0.25) is 4.79 Å². The van der Waals surface area contributed by atoms with E-state index in [2.05, 4.69) is 31.0 Å². The molecular formula is C26H20BrFN6O3. The molecule has 1 aliphatic heterocycles. The van der Waals surface area contributed by atoms with Gasteiger partial charge in [0.1, 0.15) is 23.8 Å². The lowest BCUT2D eigenvalue weighted by molar-refractivity contribution is -0.128. The monoisotopic (exact) mass is 562 g/mol. The van der Waals surface area contributed by atoms with E-state index < -0.39 is 6.23 Å². The standard InChI is InChI=1S/C26H20BrFN6O3/c27-17-4-8-19(9-5-17)34-31-23(16-2-6-18(28)7-3-16)24(32-34)25-33(22(35)14-37-25)12-11-15-1-10-20-21(13-15)30-26(36)29-20/h1-10,13,25H,11-12,14H2,(H2,29,30,36)/t25-/m0/s1. The molecule has 3 aromatic carbocycles. The molecule has 0 bridgehead atoms. The van der Waals surface area contributed by atoms with Crippen LogP contribution in [0.25, 0.3) is 28.0 Å². The minimum atomic E-state index is -0.757. The van der Waals surface area contributed by atoms with Crippen LogP contribution in [-0.4, -0.2) is 48.9 Å². The highest BCUT2D eigenvalue weighted by Gasteiger charge is 2.37. The molecule has 1 atom stereocenters.